The van der Waals surface area contributed by atoms with E-state index in [4.69, 9.17) is 5.73 Å². The Morgan fingerprint density at radius 1 is 1.70 bits per heavy atom. The molecule has 0 aliphatic carbocycles. The van der Waals surface area contributed by atoms with Crippen LogP contribution >= 0.6 is 11.5 Å². The van der Waals surface area contributed by atoms with E-state index in [1.165, 1.54) is 16.4 Å². The molecule has 0 bridgehead atoms. The Hall–Kier alpha value is -0.570. The Balaban J connectivity index is 2.58. The standard InChI is InChI=1S/C7H12N2S/c1-5(2)3-6-4-7(8)9-10-6/h4-5H,3H2,1-2H3,(H2,8,9). The first-order valence-electron chi connectivity index (χ1n) is 3.39. The van der Waals surface area contributed by atoms with E-state index in [0.717, 1.165) is 6.42 Å². The summed E-state index contributed by atoms with van der Waals surface area (Å²) >= 11 is 1.50. The molecular formula is C7H12N2S. The minimum absolute atomic E-state index is 0.653. The molecule has 0 atom stereocenters. The lowest BCUT2D eigenvalue weighted by Crippen LogP contribution is -1.90. The van der Waals surface area contributed by atoms with E-state index in [2.05, 4.69) is 18.2 Å². The van der Waals surface area contributed by atoms with Gasteiger partial charge >= 0.3 is 0 Å². The topological polar surface area (TPSA) is 38.9 Å². The van der Waals surface area contributed by atoms with Crippen LogP contribution in [0.5, 0.6) is 0 Å². The van der Waals surface area contributed by atoms with E-state index in [1.807, 2.05) is 6.07 Å². The van der Waals surface area contributed by atoms with Crippen molar-refractivity contribution in [1.29, 1.82) is 0 Å². The van der Waals surface area contributed by atoms with Crippen LogP contribution in [0.1, 0.15) is 18.7 Å². The zero-order valence-corrected chi connectivity index (χ0v) is 7.11. The Labute approximate surface area is 65.2 Å². The van der Waals surface area contributed by atoms with E-state index in [9.17, 15) is 0 Å². The average Bonchev–Trinajstić information content (AvgIpc) is 2.13. The van der Waals surface area contributed by atoms with Crippen LogP contribution in [0.15, 0.2) is 6.07 Å². The number of nitrogens with zero attached hydrogens (tertiary/aromatic N) is 1. The highest BCUT2D eigenvalue weighted by molar-refractivity contribution is 7.06. The number of anilines is 1. The second-order valence-corrected chi connectivity index (χ2v) is 3.71. The third kappa shape index (κ3) is 1.99. The van der Waals surface area contributed by atoms with Gasteiger partial charge in [0, 0.05) is 4.88 Å². The smallest absolute Gasteiger partial charge is 0.137 e. The van der Waals surface area contributed by atoms with Gasteiger partial charge in [-0.25, -0.2) is 0 Å². The van der Waals surface area contributed by atoms with E-state index in [0.29, 0.717) is 11.7 Å². The van der Waals surface area contributed by atoms with Crippen molar-refractivity contribution in [3.63, 3.8) is 0 Å². The predicted octanol–water partition coefficient (Wildman–Crippen LogP) is 1.92. The number of nitrogens with two attached hydrogens (primary N) is 1. The van der Waals surface area contributed by atoms with Gasteiger partial charge in [0.2, 0.25) is 0 Å². The Morgan fingerprint density at radius 3 is 2.80 bits per heavy atom. The van der Waals surface area contributed by atoms with Crippen LogP contribution in [0.2, 0.25) is 0 Å². The van der Waals surface area contributed by atoms with Crippen molar-refractivity contribution in [3.8, 4) is 0 Å². The van der Waals surface area contributed by atoms with Gasteiger partial charge in [-0.05, 0) is 29.9 Å². The molecular weight excluding hydrogens is 144 g/mol. The molecule has 0 aliphatic rings. The van der Waals surface area contributed by atoms with Gasteiger partial charge in [0.25, 0.3) is 0 Å². The maximum absolute atomic E-state index is 5.45. The van der Waals surface area contributed by atoms with Crippen LogP contribution in [0.25, 0.3) is 0 Å². The second-order valence-electron chi connectivity index (χ2n) is 2.82. The molecule has 1 aromatic heterocycles. The largest absolute Gasteiger partial charge is 0.383 e. The zero-order valence-electron chi connectivity index (χ0n) is 6.29. The van der Waals surface area contributed by atoms with E-state index >= 15 is 0 Å². The first kappa shape index (κ1) is 7.54. The van der Waals surface area contributed by atoms with Crippen LogP contribution in [0, 0.1) is 5.92 Å². The van der Waals surface area contributed by atoms with Gasteiger partial charge in [-0.3, -0.25) is 0 Å². The quantitative estimate of drug-likeness (QED) is 0.710. The molecule has 2 nitrogen and oxygen atoms in total. The summed E-state index contributed by atoms with van der Waals surface area (Å²) in [5.74, 6) is 1.35. The van der Waals surface area contributed by atoms with Gasteiger partial charge in [-0.15, -0.1) is 0 Å². The summed E-state index contributed by atoms with van der Waals surface area (Å²) in [5, 5.41) is 0. The fraction of sp³-hybridized carbons (Fsp3) is 0.571. The third-order valence-corrected chi connectivity index (χ3v) is 2.01. The van der Waals surface area contributed by atoms with Crippen LogP contribution in [-0.2, 0) is 6.42 Å². The minimum Gasteiger partial charge on any atom is -0.383 e. The number of rotatable bonds is 2. The Bertz CT molecular complexity index is 205. The van der Waals surface area contributed by atoms with Crippen molar-refractivity contribution in [2.45, 2.75) is 20.3 Å². The molecule has 1 aromatic rings. The molecule has 0 saturated carbocycles. The molecule has 1 heterocycles. The summed E-state index contributed by atoms with van der Waals surface area (Å²) in [4.78, 5) is 1.28. The van der Waals surface area contributed by atoms with E-state index in [-0.39, 0.29) is 0 Å². The van der Waals surface area contributed by atoms with Gasteiger partial charge in [0.1, 0.15) is 5.82 Å². The van der Waals surface area contributed by atoms with Crippen molar-refractivity contribution in [2.75, 3.05) is 5.73 Å². The summed E-state index contributed by atoms with van der Waals surface area (Å²) in [6, 6.07) is 1.95. The lowest BCUT2D eigenvalue weighted by atomic mass is 10.1. The maximum Gasteiger partial charge on any atom is 0.137 e. The molecule has 0 amide bonds. The van der Waals surface area contributed by atoms with Crippen LogP contribution < -0.4 is 5.73 Å². The second kappa shape index (κ2) is 3.01. The first-order valence-corrected chi connectivity index (χ1v) is 4.17. The summed E-state index contributed by atoms with van der Waals surface area (Å²) in [7, 11) is 0. The van der Waals surface area contributed by atoms with Gasteiger partial charge in [-0.1, -0.05) is 13.8 Å². The fourth-order valence-corrected chi connectivity index (χ4v) is 1.68. The molecule has 0 saturated heterocycles. The first-order chi connectivity index (χ1) is 4.68. The lowest BCUT2D eigenvalue weighted by Gasteiger charge is -1.97. The van der Waals surface area contributed by atoms with Gasteiger partial charge in [-0.2, -0.15) is 4.37 Å². The predicted molar refractivity (Wildman–Crippen MR) is 45.1 cm³/mol. The minimum atomic E-state index is 0.653. The Morgan fingerprint density at radius 2 is 2.40 bits per heavy atom. The molecule has 2 N–H and O–H groups in total. The molecule has 56 valence electrons. The van der Waals surface area contributed by atoms with Crippen molar-refractivity contribution in [3.05, 3.63) is 10.9 Å². The summed E-state index contributed by atoms with van der Waals surface area (Å²) in [6.45, 7) is 4.38. The average molecular weight is 156 g/mol. The Kier molecular flexibility index (Phi) is 2.27. The molecule has 0 unspecified atom stereocenters. The molecule has 10 heavy (non-hydrogen) atoms. The molecule has 1 rings (SSSR count). The maximum atomic E-state index is 5.45. The number of hydrogen-bond donors (Lipinski definition) is 1. The highest BCUT2D eigenvalue weighted by atomic mass is 32.1. The summed E-state index contributed by atoms with van der Waals surface area (Å²) in [5.41, 5.74) is 5.45. The normalized spacial score (nSPS) is 10.7. The van der Waals surface area contributed by atoms with Crippen LogP contribution in [0.4, 0.5) is 5.82 Å². The molecule has 0 fully saturated rings. The van der Waals surface area contributed by atoms with Gasteiger partial charge in [0.05, 0.1) is 0 Å². The van der Waals surface area contributed by atoms with Crippen molar-refractivity contribution in [1.82, 2.24) is 4.37 Å². The van der Waals surface area contributed by atoms with Gasteiger partial charge in [0.15, 0.2) is 0 Å². The van der Waals surface area contributed by atoms with Crippen LogP contribution in [-0.4, -0.2) is 4.37 Å². The van der Waals surface area contributed by atoms with E-state index < -0.39 is 0 Å². The van der Waals surface area contributed by atoms with E-state index in [1.54, 1.807) is 0 Å². The molecule has 0 spiro atoms. The summed E-state index contributed by atoms with van der Waals surface area (Å²) < 4.78 is 3.99. The van der Waals surface area contributed by atoms with Crippen LogP contribution in [0.3, 0.4) is 0 Å². The highest BCUT2D eigenvalue weighted by Crippen LogP contribution is 2.15. The number of nitrogen functional groups attached to an aromatic ring is 1. The third-order valence-electron chi connectivity index (χ3n) is 1.19. The molecule has 0 aliphatic heterocycles. The number of hydrogen-bond acceptors (Lipinski definition) is 3. The van der Waals surface area contributed by atoms with Crippen molar-refractivity contribution < 1.29 is 0 Å². The molecule has 3 heteroatoms. The van der Waals surface area contributed by atoms with Gasteiger partial charge < -0.3 is 5.73 Å². The zero-order chi connectivity index (χ0) is 7.56. The molecule has 0 radical (unpaired) electrons. The monoisotopic (exact) mass is 156 g/mol. The SMILES string of the molecule is CC(C)Cc1cc(N)ns1. The summed E-state index contributed by atoms with van der Waals surface area (Å²) in [6.07, 6.45) is 1.09. The fourth-order valence-electron chi connectivity index (χ4n) is 0.828. The molecule has 0 aromatic carbocycles. The highest BCUT2D eigenvalue weighted by Gasteiger charge is 2.00. The number of aromatic nitrogens is 1. The van der Waals surface area contributed by atoms with Crippen molar-refractivity contribution >= 4 is 17.4 Å². The van der Waals surface area contributed by atoms with Crippen molar-refractivity contribution in [2.24, 2.45) is 5.92 Å². The lowest BCUT2D eigenvalue weighted by molar-refractivity contribution is 0.654.